The van der Waals surface area contributed by atoms with Crippen molar-refractivity contribution < 1.29 is 4.79 Å². The number of nitrogens with zero attached hydrogens (tertiary/aromatic N) is 3. The van der Waals surface area contributed by atoms with Crippen LogP contribution in [-0.4, -0.2) is 21.2 Å². The lowest BCUT2D eigenvalue weighted by Gasteiger charge is -2.35. The van der Waals surface area contributed by atoms with E-state index in [0.717, 1.165) is 33.9 Å². The van der Waals surface area contributed by atoms with Crippen molar-refractivity contribution in [2.24, 2.45) is 5.73 Å². The average molecular weight is 443 g/mol. The standard InChI is InChI=1S/C23H24Cl2N4O/c1-13-17(14(2)29(27-13)15-9-10-18(24)19(25)11-15)12-21(30)28-20-8-6-5-7-16(20)22(26)23(28,3)4/h5-11,22H,12,26H2,1-4H3. The monoisotopic (exact) mass is 442 g/mol. The summed E-state index contributed by atoms with van der Waals surface area (Å²) in [6.45, 7) is 7.89. The number of nitrogens with two attached hydrogens (primary N) is 1. The minimum atomic E-state index is -0.512. The fourth-order valence-corrected chi connectivity index (χ4v) is 4.56. The van der Waals surface area contributed by atoms with Gasteiger partial charge in [0.15, 0.2) is 0 Å². The summed E-state index contributed by atoms with van der Waals surface area (Å²) in [5, 5.41) is 5.60. The highest BCUT2D eigenvalue weighted by atomic mass is 35.5. The molecule has 1 unspecified atom stereocenters. The van der Waals surface area contributed by atoms with Crippen molar-refractivity contribution in [3.05, 3.63) is 75.0 Å². The van der Waals surface area contributed by atoms with E-state index in [1.807, 2.05) is 62.9 Å². The van der Waals surface area contributed by atoms with Gasteiger partial charge in [-0.2, -0.15) is 5.10 Å². The van der Waals surface area contributed by atoms with E-state index in [2.05, 4.69) is 5.10 Å². The molecule has 7 heteroatoms. The van der Waals surface area contributed by atoms with Gasteiger partial charge in [-0.3, -0.25) is 4.79 Å². The number of hydrogen-bond donors (Lipinski definition) is 1. The highest BCUT2D eigenvalue weighted by Gasteiger charge is 2.45. The Hall–Kier alpha value is -2.34. The predicted molar refractivity (Wildman–Crippen MR) is 122 cm³/mol. The molecule has 0 fully saturated rings. The molecule has 0 spiro atoms. The fourth-order valence-electron chi connectivity index (χ4n) is 4.27. The summed E-state index contributed by atoms with van der Waals surface area (Å²) in [4.78, 5) is 15.3. The fraction of sp³-hybridized carbons (Fsp3) is 0.304. The van der Waals surface area contributed by atoms with Crippen LogP contribution in [0.25, 0.3) is 5.69 Å². The molecule has 1 atom stereocenters. The first-order chi connectivity index (χ1) is 14.1. The van der Waals surface area contributed by atoms with Crippen molar-refractivity contribution in [1.82, 2.24) is 9.78 Å². The Bertz CT molecular complexity index is 1150. The molecule has 0 saturated heterocycles. The van der Waals surface area contributed by atoms with E-state index in [1.54, 1.807) is 16.8 Å². The van der Waals surface area contributed by atoms with E-state index in [9.17, 15) is 4.79 Å². The van der Waals surface area contributed by atoms with Crippen molar-refractivity contribution in [3.63, 3.8) is 0 Å². The molecule has 30 heavy (non-hydrogen) atoms. The van der Waals surface area contributed by atoms with Gasteiger partial charge in [0.1, 0.15) is 0 Å². The molecule has 156 valence electrons. The Morgan fingerprint density at radius 2 is 1.83 bits per heavy atom. The van der Waals surface area contributed by atoms with Crippen LogP contribution in [0.5, 0.6) is 0 Å². The number of para-hydroxylation sites is 1. The molecule has 5 nitrogen and oxygen atoms in total. The molecule has 4 rings (SSSR count). The lowest BCUT2D eigenvalue weighted by atomic mass is 9.93. The summed E-state index contributed by atoms with van der Waals surface area (Å²) in [5.41, 5.74) is 11.3. The molecule has 0 saturated carbocycles. The number of fused-ring (bicyclic) bond motifs is 1. The molecule has 1 amide bonds. The van der Waals surface area contributed by atoms with Gasteiger partial charge in [-0.1, -0.05) is 41.4 Å². The second-order valence-corrected chi connectivity index (χ2v) is 9.07. The van der Waals surface area contributed by atoms with Crippen LogP contribution < -0.4 is 10.6 Å². The lowest BCUT2D eigenvalue weighted by Crippen LogP contribution is -2.50. The van der Waals surface area contributed by atoms with E-state index in [1.165, 1.54) is 0 Å². The molecular weight excluding hydrogens is 419 g/mol. The van der Waals surface area contributed by atoms with Gasteiger partial charge in [-0.25, -0.2) is 4.68 Å². The van der Waals surface area contributed by atoms with Crippen molar-refractivity contribution >= 4 is 34.8 Å². The number of hydrogen-bond acceptors (Lipinski definition) is 3. The maximum Gasteiger partial charge on any atom is 0.232 e. The SMILES string of the molecule is Cc1nn(-c2ccc(Cl)c(Cl)c2)c(C)c1CC(=O)N1c2ccccc2C(N)C1(C)C. The predicted octanol–water partition coefficient (Wildman–Crippen LogP) is 5.16. The van der Waals surface area contributed by atoms with E-state index in [-0.39, 0.29) is 18.4 Å². The first-order valence-electron chi connectivity index (χ1n) is 9.81. The Balaban J connectivity index is 1.69. The molecule has 2 aromatic carbocycles. The minimum Gasteiger partial charge on any atom is -0.322 e. The third-order valence-corrected chi connectivity index (χ3v) is 6.76. The molecular formula is C23H24Cl2N4O. The van der Waals surface area contributed by atoms with Crippen LogP contribution in [0, 0.1) is 13.8 Å². The molecule has 0 radical (unpaired) electrons. The smallest absolute Gasteiger partial charge is 0.232 e. The number of anilines is 1. The van der Waals surface area contributed by atoms with Gasteiger partial charge in [0.2, 0.25) is 5.91 Å². The molecule has 3 aromatic rings. The van der Waals surface area contributed by atoms with Crippen LogP contribution >= 0.6 is 23.2 Å². The third kappa shape index (κ3) is 3.22. The molecule has 0 aliphatic carbocycles. The topological polar surface area (TPSA) is 64.2 Å². The first-order valence-corrected chi connectivity index (χ1v) is 10.6. The molecule has 2 N–H and O–H groups in total. The number of rotatable bonds is 3. The zero-order chi connectivity index (χ0) is 21.8. The molecule has 2 heterocycles. The van der Waals surface area contributed by atoms with Crippen LogP contribution in [-0.2, 0) is 11.2 Å². The second-order valence-electron chi connectivity index (χ2n) is 8.26. The van der Waals surface area contributed by atoms with E-state index in [0.29, 0.717) is 10.0 Å². The largest absolute Gasteiger partial charge is 0.322 e. The van der Waals surface area contributed by atoms with Gasteiger partial charge < -0.3 is 10.6 Å². The number of carbonyl (C=O) groups is 1. The normalized spacial score (nSPS) is 17.3. The maximum atomic E-state index is 13.5. The average Bonchev–Trinajstić information content (AvgIpc) is 3.09. The van der Waals surface area contributed by atoms with Crippen LogP contribution in [0.1, 0.15) is 42.4 Å². The zero-order valence-electron chi connectivity index (χ0n) is 17.4. The zero-order valence-corrected chi connectivity index (χ0v) is 18.9. The quantitative estimate of drug-likeness (QED) is 0.608. The highest BCUT2D eigenvalue weighted by molar-refractivity contribution is 6.42. The van der Waals surface area contributed by atoms with Crippen molar-refractivity contribution in [3.8, 4) is 5.69 Å². The Morgan fingerprint density at radius 3 is 2.53 bits per heavy atom. The summed E-state index contributed by atoms with van der Waals surface area (Å²) in [6.07, 6.45) is 0.240. The van der Waals surface area contributed by atoms with Gasteiger partial charge in [0.25, 0.3) is 0 Å². The van der Waals surface area contributed by atoms with Gasteiger partial charge in [0, 0.05) is 16.9 Å². The molecule has 1 aliphatic rings. The Morgan fingerprint density at radius 1 is 1.13 bits per heavy atom. The van der Waals surface area contributed by atoms with E-state index < -0.39 is 5.54 Å². The van der Waals surface area contributed by atoms with Crippen LogP contribution in [0.2, 0.25) is 10.0 Å². The van der Waals surface area contributed by atoms with Gasteiger partial charge >= 0.3 is 0 Å². The Kier molecular flexibility index (Phi) is 5.17. The number of halogens is 2. The highest BCUT2D eigenvalue weighted by Crippen LogP contribution is 2.45. The minimum absolute atomic E-state index is 0.000267. The number of aryl methyl sites for hydroxylation is 1. The van der Waals surface area contributed by atoms with Gasteiger partial charge in [0.05, 0.1) is 39.4 Å². The molecule has 0 bridgehead atoms. The van der Waals surface area contributed by atoms with Crippen molar-refractivity contribution in [2.75, 3.05) is 4.90 Å². The second kappa shape index (κ2) is 7.41. The van der Waals surface area contributed by atoms with Crippen LogP contribution in [0.4, 0.5) is 5.69 Å². The summed E-state index contributed by atoms with van der Waals surface area (Å²) in [5.74, 6) is 0.000267. The third-order valence-electron chi connectivity index (χ3n) is 6.02. The van der Waals surface area contributed by atoms with Crippen LogP contribution in [0.15, 0.2) is 42.5 Å². The van der Waals surface area contributed by atoms with Gasteiger partial charge in [-0.05, 0) is 57.5 Å². The summed E-state index contributed by atoms with van der Waals surface area (Å²) < 4.78 is 1.80. The molecule has 1 aliphatic heterocycles. The maximum absolute atomic E-state index is 13.5. The van der Waals surface area contributed by atoms with E-state index >= 15 is 0 Å². The summed E-state index contributed by atoms with van der Waals surface area (Å²) in [6, 6.07) is 13.0. The summed E-state index contributed by atoms with van der Waals surface area (Å²) in [7, 11) is 0. The van der Waals surface area contributed by atoms with Crippen LogP contribution in [0.3, 0.4) is 0 Å². The van der Waals surface area contributed by atoms with Crippen molar-refractivity contribution in [1.29, 1.82) is 0 Å². The molecule has 1 aromatic heterocycles. The first kappa shape index (κ1) is 20.9. The lowest BCUT2D eigenvalue weighted by molar-refractivity contribution is -0.119. The number of aromatic nitrogens is 2. The van der Waals surface area contributed by atoms with E-state index in [4.69, 9.17) is 28.9 Å². The van der Waals surface area contributed by atoms with Crippen molar-refractivity contribution in [2.45, 2.75) is 45.7 Å². The van der Waals surface area contributed by atoms with Gasteiger partial charge in [-0.15, -0.1) is 0 Å². The number of carbonyl (C=O) groups excluding carboxylic acids is 1. The number of benzene rings is 2. The summed E-state index contributed by atoms with van der Waals surface area (Å²) >= 11 is 12.2. The Labute approximate surface area is 186 Å². The number of amides is 1.